The number of nitrogens with one attached hydrogen (secondary N) is 2. The zero-order valence-corrected chi connectivity index (χ0v) is 31.1. The number of benzene rings is 4. The van der Waals surface area contributed by atoms with Gasteiger partial charge in [0.1, 0.15) is 0 Å². The number of para-hydroxylation sites is 4. The highest BCUT2D eigenvalue weighted by atomic mass is 16.5. The molecule has 2 N–H and O–H groups in total. The molecule has 7 rings (SSSR count). The van der Waals surface area contributed by atoms with Crippen LogP contribution < -0.4 is 20.4 Å². The van der Waals surface area contributed by atoms with Crippen molar-refractivity contribution in [1.29, 1.82) is 0 Å². The molecule has 0 radical (unpaired) electrons. The molecule has 3 heterocycles. The van der Waals surface area contributed by atoms with Gasteiger partial charge in [-0.15, -0.1) is 0 Å². The van der Waals surface area contributed by atoms with E-state index in [4.69, 9.17) is 19.7 Å². The number of ether oxygens (including phenoxy) is 1. The largest absolute Gasteiger partial charge is 0.340 e. The van der Waals surface area contributed by atoms with Crippen LogP contribution in [0.25, 0.3) is 0 Å². The lowest BCUT2D eigenvalue weighted by atomic mass is 9.93. The van der Waals surface area contributed by atoms with E-state index in [1.54, 1.807) is 0 Å². The topological polar surface area (TPSA) is 91.3 Å². The van der Waals surface area contributed by atoms with Crippen molar-refractivity contribution in [2.45, 2.75) is 65.6 Å². The van der Waals surface area contributed by atoms with Crippen LogP contribution in [0.5, 0.6) is 0 Å². The second kappa shape index (κ2) is 15.6. The third-order valence-corrected chi connectivity index (χ3v) is 8.40. The Morgan fingerprint density at radius 3 is 1.44 bits per heavy atom. The van der Waals surface area contributed by atoms with Gasteiger partial charge in [-0.1, -0.05) is 114 Å². The lowest BCUT2D eigenvalue weighted by Crippen LogP contribution is -2.40. The summed E-state index contributed by atoms with van der Waals surface area (Å²) in [5.41, 5.74) is 5.76. The van der Waals surface area contributed by atoms with Crippen LogP contribution in [0.2, 0.25) is 0 Å². The summed E-state index contributed by atoms with van der Waals surface area (Å²) >= 11 is 0. The van der Waals surface area contributed by atoms with Gasteiger partial charge >= 0.3 is 0 Å². The normalized spacial score (nSPS) is 13.9. The highest BCUT2D eigenvalue weighted by molar-refractivity contribution is 5.83. The minimum Gasteiger partial charge on any atom is -0.340 e. The highest BCUT2D eigenvalue weighted by Crippen LogP contribution is 2.46. The van der Waals surface area contributed by atoms with Gasteiger partial charge in [-0.2, -0.15) is 0 Å². The molecule has 2 aromatic heterocycles. The van der Waals surface area contributed by atoms with Gasteiger partial charge in [-0.05, 0) is 55.5 Å². The fourth-order valence-corrected chi connectivity index (χ4v) is 5.61. The number of nitrogens with zero attached hydrogens (tertiary/aromatic N) is 6. The zero-order valence-electron chi connectivity index (χ0n) is 31.1. The fourth-order valence-electron chi connectivity index (χ4n) is 5.61. The lowest BCUT2D eigenvalue weighted by molar-refractivity contribution is 0.0767. The standard InChI is InChI=1S/C23H26N4O.C20H22N4/c1-5-28-22-26(17-12-8-6-9-13-17)20-21(25-19(16-24-20)23(2,3)4)27(22)18-14-10-7-11-15-18;1-20(2,3)17-14-21-18(22-15-10-6-4-7-11-15)19(24-17)23-16-12-8-5-9-13-16/h6-16,22H,5H2,1-4H3;4-14H,1-3H3,(H,21,22)(H,23,24). The fraction of sp³-hybridized carbons (Fsp3) is 0.256. The van der Waals surface area contributed by atoms with E-state index in [1.807, 2.05) is 116 Å². The minimum absolute atomic E-state index is 0.0641. The van der Waals surface area contributed by atoms with E-state index in [9.17, 15) is 0 Å². The molecule has 0 spiro atoms. The molecule has 266 valence electrons. The van der Waals surface area contributed by atoms with E-state index >= 15 is 0 Å². The number of anilines is 8. The molecule has 1 unspecified atom stereocenters. The maximum atomic E-state index is 6.22. The van der Waals surface area contributed by atoms with Crippen molar-refractivity contribution >= 4 is 46.0 Å². The van der Waals surface area contributed by atoms with Gasteiger partial charge in [-0.25, -0.2) is 19.9 Å². The van der Waals surface area contributed by atoms with Gasteiger partial charge in [0.15, 0.2) is 23.3 Å². The minimum atomic E-state index is -0.347. The van der Waals surface area contributed by atoms with Crippen molar-refractivity contribution in [3.05, 3.63) is 145 Å². The Hall–Kier alpha value is -5.80. The Bertz CT molecular complexity index is 2030. The van der Waals surface area contributed by atoms with Gasteiger partial charge in [0.05, 0.1) is 23.8 Å². The second-order valence-corrected chi connectivity index (χ2v) is 14.5. The first kappa shape index (κ1) is 36.0. The van der Waals surface area contributed by atoms with E-state index in [2.05, 4.69) is 91.2 Å². The van der Waals surface area contributed by atoms with Crippen molar-refractivity contribution in [2.75, 3.05) is 27.0 Å². The molecule has 1 aliphatic rings. The van der Waals surface area contributed by atoms with E-state index in [-0.39, 0.29) is 17.2 Å². The Morgan fingerprint density at radius 1 is 0.538 bits per heavy atom. The van der Waals surface area contributed by atoms with Crippen molar-refractivity contribution in [2.24, 2.45) is 0 Å². The van der Waals surface area contributed by atoms with Crippen molar-refractivity contribution in [1.82, 2.24) is 19.9 Å². The summed E-state index contributed by atoms with van der Waals surface area (Å²) in [5.74, 6) is 3.05. The molecule has 1 atom stereocenters. The third-order valence-electron chi connectivity index (χ3n) is 8.40. The number of hydrogen-bond donors (Lipinski definition) is 2. The Morgan fingerprint density at radius 2 is 0.962 bits per heavy atom. The smallest absolute Gasteiger partial charge is 0.221 e. The van der Waals surface area contributed by atoms with Crippen LogP contribution in [0.15, 0.2) is 134 Å². The van der Waals surface area contributed by atoms with E-state index in [0.717, 1.165) is 51.6 Å². The third kappa shape index (κ3) is 8.38. The molecular weight excluding hydrogens is 645 g/mol. The first-order valence-electron chi connectivity index (χ1n) is 17.7. The Labute approximate surface area is 307 Å². The number of fused-ring (bicyclic) bond motifs is 1. The summed E-state index contributed by atoms with van der Waals surface area (Å²) in [6.07, 6.45) is 3.37. The van der Waals surface area contributed by atoms with Crippen LogP contribution in [-0.4, -0.2) is 32.9 Å². The number of rotatable bonds is 8. The van der Waals surface area contributed by atoms with Gasteiger partial charge < -0.3 is 15.4 Å². The summed E-state index contributed by atoms with van der Waals surface area (Å²) in [5, 5.41) is 6.70. The molecule has 0 saturated carbocycles. The summed E-state index contributed by atoms with van der Waals surface area (Å²) in [7, 11) is 0. The molecule has 0 saturated heterocycles. The van der Waals surface area contributed by atoms with Crippen LogP contribution >= 0.6 is 0 Å². The summed E-state index contributed by atoms with van der Waals surface area (Å²) < 4.78 is 6.22. The number of aromatic nitrogens is 4. The van der Waals surface area contributed by atoms with Crippen LogP contribution in [0, 0.1) is 0 Å². The monoisotopic (exact) mass is 692 g/mol. The summed E-state index contributed by atoms with van der Waals surface area (Å²) in [6.45, 7) is 15.4. The van der Waals surface area contributed by atoms with Crippen LogP contribution in [-0.2, 0) is 15.6 Å². The number of hydrogen-bond acceptors (Lipinski definition) is 9. The van der Waals surface area contributed by atoms with Crippen LogP contribution in [0.4, 0.5) is 46.0 Å². The Balaban J connectivity index is 0.000000181. The molecular formula is C43H48N8O. The molecule has 0 bridgehead atoms. The van der Waals surface area contributed by atoms with Crippen LogP contribution in [0.3, 0.4) is 0 Å². The summed E-state index contributed by atoms with van der Waals surface area (Å²) in [4.78, 5) is 23.5. The lowest BCUT2D eigenvalue weighted by Gasteiger charge is -2.31. The molecule has 9 nitrogen and oxygen atoms in total. The van der Waals surface area contributed by atoms with Gasteiger partial charge in [0.2, 0.25) is 6.35 Å². The highest BCUT2D eigenvalue weighted by Gasteiger charge is 2.41. The maximum Gasteiger partial charge on any atom is 0.221 e. The molecule has 4 aromatic carbocycles. The summed E-state index contributed by atoms with van der Waals surface area (Å²) in [6, 6.07) is 40.4. The predicted octanol–water partition coefficient (Wildman–Crippen LogP) is 10.6. The molecule has 0 amide bonds. The first-order chi connectivity index (χ1) is 25.0. The van der Waals surface area contributed by atoms with E-state index in [1.165, 1.54) is 0 Å². The van der Waals surface area contributed by atoms with Crippen molar-refractivity contribution < 1.29 is 4.74 Å². The molecule has 0 aliphatic carbocycles. The van der Waals surface area contributed by atoms with Gasteiger partial charge in [0.25, 0.3) is 0 Å². The van der Waals surface area contributed by atoms with E-state index < -0.39 is 0 Å². The molecule has 52 heavy (non-hydrogen) atoms. The molecule has 1 aliphatic heterocycles. The van der Waals surface area contributed by atoms with E-state index in [0.29, 0.717) is 12.4 Å². The zero-order chi connectivity index (χ0) is 36.7. The SMILES string of the molecule is CC(C)(C)c1cnc(Nc2ccccc2)c(Nc2ccccc2)n1.CCOC1N(c2ccccc2)c2ncc(C(C)(C)C)nc2N1c1ccccc1. The van der Waals surface area contributed by atoms with Crippen LogP contribution in [0.1, 0.15) is 59.9 Å². The molecule has 9 heteroatoms. The average Bonchev–Trinajstić information content (AvgIpc) is 3.46. The van der Waals surface area contributed by atoms with Crippen molar-refractivity contribution in [3.63, 3.8) is 0 Å². The van der Waals surface area contributed by atoms with Gasteiger partial charge in [-0.3, -0.25) is 9.80 Å². The van der Waals surface area contributed by atoms with Gasteiger partial charge in [0, 0.05) is 40.2 Å². The van der Waals surface area contributed by atoms with Crippen molar-refractivity contribution in [3.8, 4) is 0 Å². The Kier molecular flexibility index (Phi) is 10.8. The molecule has 6 aromatic rings. The average molecular weight is 693 g/mol. The quantitative estimate of drug-likeness (QED) is 0.162. The molecule has 0 fully saturated rings. The first-order valence-corrected chi connectivity index (χ1v) is 17.7. The maximum absolute atomic E-state index is 6.22. The second-order valence-electron chi connectivity index (χ2n) is 14.5. The predicted molar refractivity (Wildman–Crippen MR) is 213 cm³/mol.